The zero-order valence-electron chi connectivity index (χ0n) is 24.3. The van der Waals surface area contributed by atoms with Crippen LogP contribution in [-0.2, 0) is 55.3 Å². The summed E-state index contributed by atoms with van der Waals surface area (Å²) in [5.74, 6) is 0. The number of unbranched alkanes of at least 4 members (excludes halogenated alkanes) is 24. The molecule has 1 N–H and O–H groups in total. The summed E-state index contributed by atoms with van der Waals surface area (Å²) >= 11 is 0. The maximum Gasteiger partial charge on any atom is 0.0855 e. The Labute approximate surface area is 234 Å². The lowest BCUT2D eigenvalue weighted by Crippen LogP contribution is -2.04. The van der Waals surface area contributed by atoms with E-state index in [0.717, 1.165) is 12.8 Å². The lowest BCUT2D eigenvalue weighted by molar-refractivity contribution is -0.862. The van der Waals surface area contributed by atoms with Crippen LogP contribution in [0.3, 0.4) is 0 Å². The Morgan fingerprint density at radius 1 is 0.308 bits per heavy atom. The van der Waals surface area contributed by atoms with Gasteiger partial charge in [-0.1, -0.05) is 161 Å². The van der Waals surface area contributed by atoms with Crippen LogP contribution < -0.4 is 0 Å². The fourth-order valence-electron chi connectivity index (χ4n) is 4.45. The molecule has 236 valence electrons. The average molecular weight is 573 g/mol. The minimum Gasteiger partial charge on any atom is -0.219 e. The fourth-order valence-corrected chi connectivity index (χ4v) is 4.45. The van der Waals surface area contributed by atoms with Gasteiger partial charge in [-0.25, -0.2) is 10.1 Å². The molecule has 0 amide bonds. The third-order valence-corrected chi connectivity index (χ3v) is 6.63. The van der Waals surface area contributed by atoms with Gasteiger partial charge >= 0.3 is 0 Å². The molecule has 0 aromatic carbocycles. The van der Waals surface area contributed by atoms with Crippen LogP contribution in [0.2, 0.25) is 0 Å². The number of rotatable bonds is 36. The molecule has 39 heavy (non-hydrogen) atoms. The quantitative estimate of drug-likeness (QED) is 0.0437. The first kappa shape index (κ1) is 38.5. The summed E-state index contributed by atoms with van der Waals surface area (Å²) < 4.78 is 0. The first-order valence-electron chi connectivity index (χ1n) is 15.3. The molecule has 0 aliphatic carbocycles. The van der Waals surface area contributed by atoms with Gasteiger partial charge in [-0.3, -0.25) is 0 Å². The van der Waals surface area contributed by atoms with Crippen molar-refractivity contribution in [3.63, 3.8) is 0 Å². The number of hydrogen-bond donors (Lipinski definition) is 1. The van der Waals surface area contributed by atoms with Crippen molar-refractivity contribution in [3.8, 4) is 0 Å². The maximum absolute atomic E-state index is 7.66. The van der Waals surface area contributed by atoms with Gasteiger partial charge in [-0.15, -0.1) is 0 Å². The zero-order chi connectivity index (χ0) is 28.2. The summed E-state index contributed by atoms with van der Waals surface area (Å²) in [5.41, 5.74) is 0. The third-order valence-electron chi connectivity index (χ3n) is 6.63. The van der Waals surface area contributed by atoms with Gasteiger partial charge in [0.25, 0.3) is 0 Å². The van der Waals surface area contributed by atoms with Gasteiger partial charge in [0.1, 0.15) is 0 Å². The van der Waals surface area contributed by atoms with E-state index < -0.39 is 0 Å². The van der Waals surface area contributed by atoms with Gasteiger partial charge in [0.2, 0.25) is 0 Å². The molecule has 0 atom stereocenters. The van der Waals surface area contributed by atoms with Crippen LogP contribution in [0.5, 0.6) is 0 Å². The second-order valence-corrected chi connectivity index (χ2v) is 9.99. The van der Waals surface area contributed by atoms with E-state index in [0.29, 0.717) is 6.61 Å². The Balaban J connectivity index is 3.01. The third kappa shape index (κ3) is 37.5. The van der Waals surface area contributed by atoms with Gasteiger partial charge < -0.3 is 0 Å². The maximum atomic E-state index is 7.66. The Morgan fingerprint density at radius 2 is 0.564 bits per heavy atom. The Bertz CT molecular complexity index is 384. The minimum absolute atomic E-state index is 0.343. The molecule has 0 bridgehead atoms. The summed E-state index contributed by atoms with van der Waals surface area (Å²) in [6.07, 6.45) is 34.0. The van der Waals surface area contributed by atoms with Crippen molar-refractivity contribution in [1.29, 1.82) is 0 Å². The molecule has 0 aromatic rings. The van der Waals surface area contributed by atoms with E-state index in [1.165, 1.54) is 148 Å². The molecule has 0 fully saturated rings. The van der Waals surface area contributed by atoms with Gasteiger partial charge in [0.15, 0.2) is 0 Å². The highest BCUT2D eigenvalue weighted by Crippen LogP contribution is 2.15. The molecule has 12 nitrogen and oxygen atoms in total. The van der Waals surface area contributed by atoms with Crippen LogP contribution in [0.4, 0.5) is 0 Å². The molecule has 0 saturated carbocycles. The predicted molar refractivity (Wildman–Crippen MR) is 141 cm³/mol. The molecule has 0 aromatic heterocycles. The van der Waals surface area contributed by atoms with Gasteiger partial charge in [0, 0.05) is 0 Å². The fraction of sp³-hybridized carbons (Fsp3) is 1.00. The number of hydrogen-bond acceptors (Lipinski definition) is 12. The highest BCUT2D eigenvalue weighted by Gasteiger charge is 1.99. The second kappa shape index (κ2) is 37.5. The highest BCUT2D eigenvalue weighted by molar-refractivity contribution is 4.51. The molecule has 0 saturated heterocycles. The van der Waals surface area contributed by atoms with E-state index in [-0.39, 0.29) is 0 Å². The van der Waals surface area contributed by atoms with Crippen LogP contribution in [0.25, 0.3) is 0 Å². The normalized spacial score (nSPS) is 11.5. The van der Waals surface area contributed by atoms with E-state index in [1.54, 1.807) is 0 Å². The van der Waals surface area contributed by atoms with Crippen molar-refractivity contribution >= 4 is 0 Å². The minimum atomic E-state index is 0.343. The molecule has 12 heteroatoms. The van der Waals surface area contributed by atoms with Crippen LogP contribution in [0.15, 0.2) is 0 Å². The largest absolute Gasteiger partial charge is 0.219 e. The predicted octanol–water partition coefficient (Wildman–Crippen LogP) is 9.56. The standard InChI is InChI=1S/C27H56O12/c1-2-3-4-5-6-7-8-9-10-11-12-13-14-15-16-17-18-19-20-21-22-23-24-25-26-27-29-31-33-35-37-39-38-36-34-32-30-28/h28H,2-27H2,1H3. The van der Waals surface area contributed by atoms with E-state index in [4.69, 9.17) is 10.1 Å². The second-order valence-electron chi connectivity index (χ2n) is 9.99. The average Bonchev–Trinajstić information content (AvgIpc) is 2.95. The van der Waals surface area contributed by atoms with Crippen molar-refractivity contribution in [2.45, 2.75) is 167 Å². The Hall–Kier alpha value is -0.480. The SMILES string of the molecule is CCCCCCCCCCCCCCCCCCCCCCCCCCCOOOOOOOOOOOO. The van der Waals surface area contributed by atoms with Crippen LogP contribution >= 0.6 is 0 Å². The van der Waals surface area contributed by atoms with Crippen LogP contribution in [0.1, 0.15) is 167 Å². The molecule has 0 spiro atoms. The van der Waals surface area contributed by atoms with Crippen molar-refractivity contribution < 1.29 is 60.5 Å². The lowest BCUT2D eigenvalue weighted by Gasteiger charge is -2.04. The van der Waals surface area contributed by atoms with Crippen molar-refractivity contribution in [2.24, 2.45) is 0 Å². The topological polar surface area (TPSA) is 122 Å². The molecule has 0 radical (unpaired) electrons. The summed E-state index contributed by atoms with van der Waals surface area (Å²) in [7, 11) is 0. The molecule has 0 aliphatic rings. The van der Waals surface area contributed by atoms with E-state index in [2.05, 4.69) is 57.3 Å². The van der Waals surface area contributed by atoms with Gasteiger partial charge in [-0.2, -0.15) is 0 Å². The van der Waals surface area contributed by atoms with E-state index in [9.17, 15) is 0 Å². The van der Waals surface area contributed by atoms with Crippen molar-refractivity contribution in [2.75, 3.05) is 6.61 Å². The molecular weight excluding hydrogens is 516 g/mol. The summed E-state index contributed by atoms with van der Waals surface area (Å²) in [6, 6.07) is 0. The van der Waals surface area contributed by atoms with Crippen molar-refractivity contribution in [3.05, 3.63) is 0 Å². The van der Waals surface area contributed by atoms with Crippen LogP contribution in [0, 0.1) is 0 Å². The van der Waals surface area contributed by atoms with Gasteiger partial charge in [0.05, 0.1) is 6.61 Å². The molecular formula is C27H56O12. The first-order valence-corrected chi connectivity index (χ1v) is 15.3. The lowest BCUT2D eigenvalue weighted by atomic mass is 10.0. The first-order chi connectivity index (χ1) is 19.4. The van der Waals surface area contributed by atoms with E-state index in [1.807, 2.05) is 0 Å². The Kier molecular flexibility index (Phi) is 37.1. The summed E-state index contributed by atoms with van der Waals surface area (Å²) in [4.78, 5) is 4.70. The molecule has 0 heterocycles. The zero-order valence-corrected chi connectivity index (χ0v) is 24.3. The summed E-state index contributed by atoms with van der Waals surface area (Å²) in [5, 5.41) is 44.2. The summed E-state index contributed by atoms with van der Waals surface area (Å²) in [6.45, 7) is 2.63. The molecule has 0 rings (SSSR count). The van der Waals surface area contributed by atoms with Gasteiger partial charge in [-0.05, 0) is 56.8 Å². The molecule has 0 unspecified atom stereocenters. The Morgan fingerprint density at radius 3 is 0.872 bits per heavy atom. The monoisotopic (exact) mass is 572 g/mol. The highest BCUT2D eigenvalue weighted by atomic mass is 18.0. The van der Waals surface area contributed by atoms with E-state index >= 15 is 0 Å². The molecule has 0 aliphatic heterocycles. The van der Waals surface area contributed by atoms with Crippen molar-refractivity contribution in [1.82, 2.24) is 0 Å². The van der Waals surface area contributed by atoms with Crippen LogP contribution in [-0.4, -0.2) is 11.9 Å². The smallest absolute Gasteiger partial charge is 0.0855 e.